The molecule has 0 saturated heterocycles. The maximum absolute atomic E-state index is 4.09. The van der Waals surface area contributed by atoms with E-state index in [1.807, 2.05) is 18.3 Å². The van der Waals surface area contributed by atoms with Crippen LogP contribution in [0.2, 0.25) is 0 Å². The van der Waals surface area contributed by atoms with Crippen LogP contribution < -0.4 is 5.32 Å². The fraction of sp³-hybridized carbons (Fsp3) is 0.0625. The van der Waals surface area contributed by atoms with Crippen LogP contribution in [0.3, 0.4) is 0 Å². The van der Waals surface area contributed by atoms with Crippen LogP contribution in [0, 0.1) is 0 Å². The van der Waals surface area contributed by atoms with Crippen LogP contribution >= 0.6 is 22.7 Å². The van der Waals surface area contributed by atoms with Gasteiger partial charge in [0.25, 0.3) is 0 Å². The fourth-order valence-corrected chi connectivity index (χ4v) is 3.96. The number of anilines is 1. The highest BCUT2D eigenvalue weighted by Gasteiger charge is 2.05. The smallest absolute Gasteiger partial charge is 0.0671 e. The minimum Gasteiger partial charge on any atom is -0.380 e. The summed E-state index contributed by atoms with van der Waals surface area (Å²) in [6, 6.07) is 12.7. The number of rotatable bonds is 4. The van der Waals surface area contributed by atoms with E-state index in [2.05, 4.69) is 50.5 Å². The third-order valence-electron chi connectivity index (χ3n) is 3.40. The summed E-state index contributed by atoms with van der Waals surface area (Å²) in [6.45, 7) is 0.834. The van der Waals surface area contributed by atoms with E-state index >= 15 is 0 Å². The molecule has 2 N–H and O–H groups in total. The SMILES string of the molecule is c1csc(-c2csc(CNc3cccc4[nH]ncc34)c2)c1. The van der Waals surface area contributed by atoms with Crippen molar-refractivity contribution in [1.29, 1.82) is 0 Å². The van der Waals surface area contributed by atoms with E-state index in [1.54, 1.807) is 22.7 Å². The normalized spacial score (nSPS) is 11.0. The van der Waals surface area contributed by atoms with E-state index in [0.29, 0.717) is 0 Å². The third-order valence-corrected chi connectivity index (χ3v) is 5.25. The van der Waals surface area contributed by atoms with Gasteiger partial charge in [-0.15, -0.1) is 22.7 Å². The lowest BCUT2D eigenvalue weighted by molar-refractivity contribution is 1.12. The van der Waals surface area contributed by atoms with Gasteiger partial charge in [0, 0.05) is 32.9 Å². The third kappa shape index (κ3) is 2.46. The maximum atomic E-state index is 4.09. The number of nitrogens with zero attached hydrogens (tertiary/aromatic N) is 1. The second-order valence-electron chi connectivity index (χ2n) is 4.77. The van der Waals surface area contributed by atoms with Gasteiger partial charge in [-0.2, -0.15) is 5.10 Å². The number of H-pyrrole nitrogens is 1. The Kier molecular flexibility index (Phi) is 3.21. The van der Waals surface area contributed by atoms with Crippen molar-refractivity contribution in [1.82, 2.24) is 10.2 Å². The molecular formula is C16H13N3S2. The summed E-state index contributed by atoms with van der Waals surface area (Å²) in [6.07, 6.45) is 1.86. The standard InChI is InChI=1S/C16H13N3S2/c1-3-14(13-9-18-19-15(13)4-1)17-8-12-7-11(10-21-12)16-5-2-6-20-16/h1-7,9-10,17H,8H2,(H,18,19). The zero-order chi connectivity index (χ0) is 14.1. The van der Waals surface area contributed by atoms with Crippen LogP contribution in [0.1, 0.15) is 4.88 Å². The summed E-state index contributed by atoms with van der Waals surface area (Å²) in [7, 11) is 0. The molecule has 4 aromatic rings. The first-order chi connectivity index (χ1) is 10.4. The first-order valence-electron chi connectivity index (χ1n) is 6.67. The summed E-state index contributed by atoms with van der Waals surface area (Å²) in [5.74, 6) is 0. The van der Waals surface area contributed by atoms with Crippen molar-refractivity contribution in [3.8, 4) is 10.4 Å². The average Bonchev–Trinajstić information content (AvgIpc) is 3.23. The van der Waals surface area contributed by atoms with Crippen LogP contribution in [0.15, 0.2) is 53.4 Å². The molecule has 3 heterocycles. The number of benzene rings is 1. The Bertz CT molecular complexity index is 859. The molecule has 0 aliphatic rings. The Morgan fingerprint density at radius 3 is 3.05 bits per heavy atom. The van der Waals surface area contributed by atoms with Crippen LogP contribution in [0.4, 0.5) is 5.69 Å². The van der Waals surface area contributed by atoms with Crippen molar-refractivity contribution in [2.75, 3.05) is 5.32 Å². The molecule has 0 amide bonds. The molecule has 0 radical (unpaired) electrons. The molecule has 0 aliphatic heterocycles. The van der Waals surface area contributed by atoms with Gasteiger partial charge in [0.05, 0.1) is 11.7 Å². The lowest BCUT2D eigenvalue weighted by Crippen LogP contribution is -1.97. The minimum absolute atomic E-state index is 0.834. The highest BCUT2D eigenvalue weighted by molar-refractivity contribution is 7.14. The lowest BCUT2D eigenvalue weighted by atomic mass is 10.2. The molecule has 0 aliphatic carbocycles. The molecule has 21 heavy (non-hydrogen) atoms. The second-order valence-corrected chi connectivity index (χ2v) is 6.71. The van der Waals surface area contributed by atoms with Gasteiger partial charge >= 0.3 is 0 Å². The predicted octanol–water partition coefficient (Wildman–Crippen LogP) is 4.97. The van der Waals surface area contributed by atoms with Gasteiger partial charge in [-0.3, -0.25) is 5.10 Å². The predicted molar refractivity (Wildman–Crippen MR) is 91.1 cm³/mol. The molecule has 0 bridgehead atoms. The van der Waals surface area contributed by atoms with Gasteiger partial charge in [0.1, 0.15) is 0 Å². The van der Waals surface area contributed by atoms with Gasteiger partial charge < -0.3 is 5.32 Å². The van der Waals surface area contributed by atoms with Crippen LogP contribution in [0.25, 0.3) is 21.3 Å². The molecular weight excluding hydrogens is 298 g/mol. The van der Waals surface area contributed by atoms with E-state index in [1.165, 1.54) is 15.3 Å². The van der Waals surface area contributed by atoms with Crippen LogP contribution in [-0.2, 0) is 6.54 Å². The van der Waals surface area contributed by atoms with Crippen molar-refractivity contribution < 1.29 is 0 Å². The van der Waals surface area contributed by atoms with Gasteiger partial charge in [-0.1, -0.05) is 12.1 Å². The van der Waals surface area contributed by atoms with Gasteiger partial charge in [-0.05, 0) is 35.0 Å². The van der Waals surface area contributed by atoms with E-state index in [-0.39, 0.29) is 0 Å². The summed E-state index contributed by atoms with van der Waals surface area (Å²) in [4.78, 5) is 2.66. The van der Waals surface area contributed by atoms with E-state index in [9.17, 15) is 0 Å². The largest absolute Gasteiger partial charge is 0.380 e. The number of nitrogens with one attached hydrogen (secondary N) is 2. The summed E-state index contributed by atoms with van der Waals surface area (Å²) in [5, 5.41) is 16.1. The number of hydrogen-bond acceptors (Lipinski definition) is 4. The molecule has 0 unspecified atom stereocenters. The van der Waals surface area contributed by atoms with Gasteiger partial charge in [-0.25, -0.2) is 0 Å². The molecule has 4 rings (SSSR count). The van der Waals surface area contributed by atoms with Crippen LogP contribution in [0.5, 0.6) is 0 Å². The van der Waals surface area contributed by atoms with Crippen molar-refractivity contribution in [2.45, 2.75) is 6.54 Å². The monoisotopic (exact) mass is 311 g/mol. The maximum Gasteiger partial charge on any atom is 0.0671 e. The van der Waals surface area contributed by atoms with Crippen molar-refractivity contribution >= 4 is 39.3 Å². The highest BCUT2D eigenvalue weighted by Crippen LogP contribution is 2.30. The molecule has 1 aromatic carbocycles. The number of fused-ring (bicyclic) bond motifs is 1. The van der Waals surface area contributed by atoms with E-state index < -0.39 is 0 Å². The topological polar surface area (TPSA) is 40.7 Å². The summed E-state index contributed by atoms with van der Waals surface area (Å²) in [5.41, 5.74) is 3.49. The van der Waals surface area contributed by atoms with Crippen LogP contribution in [-0.4, -0.2) is 10.2 Å². The zero-order valence-electron chi connectivity index (χ0n) is 11.2. The Labute approximate surface area is 130 Å². The highest BCUT2D eigenvalue weighted by atomic mass is 32.1. The fourth-order valence-electron chi connectivity index (χ4n) is 2.35. The molecule has 5 heteroatoms. The molecule has 0 atom stereocenters. The van der Waals surface area contributed by atoms with E-state index in [4.69, 9.17) is 0 Å². The van der Waals surface area contributed by atoms with Gasteiger partial charge in [0.2, 0.25) is 0 Å². The number of hydrogen-bond donors (Lipinski definition) is 2. The Balaban J connectivity index is 1.53. The van der Waals surface area contributed by atoms with Crippen molar-refractivity contribution in [2.24, 2.45) is 0 Å². The molecule has 3 aromatic heterocycles. The molecule has 3 nitrogen and oxygen atoms in total. The molecule has 0 fully saturated rings. The number of thiophene rings is 2. The second kappa shape index (κ2) is 5.35. The Morgan fingerprint density at radius 2 is 2.14 bits per heavy atom. The van der Waals surface area contributed by atoms with Crippen molar-refractivity contribution in [3.63, 3.8) is 0 Å². The average molecular weight is 311 g/mol. The summed E-state index contributed by atoms with van der Waals surface area (Å²) >= 11 is 3.58. The summed E-state index contributed by atoms with van der Waals surface area (Å²) < 4.78 is 0. The first-order valence-corrected chi connectivity index (χ1v) is 8.43. The van der Waals surface area contributed by atoms with Crippen molar-refractivity contribution in [3.05, 3.63) is 58.2 Å². The molecule has 0 saturated carbocycles. The molecule has 104 valence electrons. The lowest BCUT2D eigenvalue weighted by Gasteiger charge is -2.05. The number of aromatic amines is 1. The van der Waals surface area contributed by atoms with Gasteiger partial charge in [0.15, 0.2) is 0 Å². The Hall–Kier alpha value is -2.11. The first kappa shape index (κ1) is 12.6. The minimum atomic E-state index is 0.834. The number of aromatic nitrogens is 2. The molecule has 0 spiro atoms. The quantitative estimate of drug-likeness (QED) is 0.559. The Morgan fingerprint density at radius 1 is 1.14 bits per heavy atom. The van der Waals surface area contributed by atoms with E-state index in [0.717, 1.165) is 23.1 Å². The zero-order valence-corrected chi connectivity index (χ0v) is 12.8.